The molecule has 0 atom stereocenters. The van der Waals surface area contributed by atoms with E-state index in [0.29, 0.717) is 5.56 Å². The Morgan fingerprint density at radius 2 is 1.80 bits per heavy atom. The van der Waals surface area contributed by atoms with Gasteiger partial charge in [-0.05, 0) is 41.8 Å². The van der Waals surface area contributed by atoms with Crippen LogP contribution in [-0.2, 0) is 15.3 Å². The molecule has 35 heavy (non-hydrogen) atoms. The van der Waals surface area contributed by atoms with E-state index in [9.17, 15) is 13.7 Å². The molecule has 2 aromatic rings. The maximum atomic E-state index is 13.2. The van der Waals surface area contributed by atoms with Crippen molar-refractivity contribution in [3.63, 3.8) is 0 Å². The molecule has 0 fully saturated rings. The summed E-state index contributed by atoms with van der Waals surface area (Å²) in [5.74, 6) is 0. The third-order valence-corrected chi connectivity index (χ3v) is 8.44. The van der Waals surface area contributed by atoms with Crippen molar-refractivity contribution in [2.24, 2.45) is 0 Å². The predicted octanol–water partition coefficient (Wildman–Crippen LogP) is 6.55. The van der Waals surface area contributed by atoms with Crippen molar-refractivity contribution in [3.05, 3.63) is 112 Å². The standard InChI is InChI=1S/C29H27N3O2S/c1-5-6-19-32-24-15-9-8-14-22(24)29(2,3)27(32)18-12-11-17-26-28(23(20-30)31-4)21-13-7-10-16-25(21)35(26,33)34/h7-18H,5-6,19H2,1-3H3/b12-11+,26-17-,27-18+,28-23+. The minimum Gasteiger partial charge on any atom is -0.344 e. The fourth-order valence-electron chi connectivity index (χ4n) is 4.83. The number of rotatable bonds is 5. The first-order valence-corrected chi connectivity index (χ1v) is 13.1. The number of para-hydroxylation sites is 1. The number of benzene rings is 2. The second-order valence-corrected chi connectivity index (χ2v) is 10.9. The lowest BCUT2D eigenvalue weighted by Crippen LogP contribution is -2.26. The molecule has 0 saturated heterocycles. The highest BCUT2D eigenvalue weighted by Gasteiger charge is 2.39. The predicted molar refractivity (Wildman–Crippen MR) is 140 cm³/mol. The quantitative estimate of drug-likeness (QED) is 0.359. The lowest BCUT2D eigenvalue weighted by Gasteiger charge is -2.27. The van der Waals surface area contributed by atoms with Gasteiger partial charge in [0.2, 0.25) is 9.84 Å². The van der Waals surface area contributed by atoms with E-state index >= 15 is 0 Å². The van der Waals surface area contributed by atoms with Gasteiger partial charge in [-0.1, -0.05) is 75.7 Å². The Kier molecular flexibility index (Phi) is 6.52. The van der Waals surface area contributed by atoms with Crippen molar-refractivity contribution in [2.45, 2.75) is 43.9 Å². The molecule has 0 saturated carbocycles. The maximum absolute atomic E-state index is 13.2. The van der Waals surface area contributed by atoms with E-state index in [1.807, 2.05) is 18.2 Å². The van der Waals surface area contributed by atoms with Gasteiger partial charge in [-0.2, -0.15) is 0 Å². The van der Waals surface area contributed by atoms with E-state index in [4.69, 9.17) is 6.57 Å². The molecule has 0 aromatic heterocycles. The van der Waals surface area contributed by atoms with Crippen LogP contribution in [0, 0.1) is 17.9 Å². The maximum Gasteiger partial charge on any atom is 0.270 e. The first kappa shape index (κ1) is 24.3. The van der Waals surface area contributed by atoms with Crippen LogP contribution < -0.4 is 4.90 Å². The van der Waals surface area contributed by atoms with E-state index in [-0.39, 0.29) is 26.5 Å². The zero-order chi connectivity index (χ0) is 25.2. The summed E-state index contributed by atoms with van der Waals surface area (Å²) in [4.78, 5) is 5.75. The minimum atomic E-state index is -3.82. The average molecular weight is 482 g/mol. The molecule has 5 nitrogen and oxygen atoms in total. The Balaban J connectivity index is 1.78. The molecule has 2 aliphatic rings. The van der Waals surface area contributed by atoms with Gasteiger partial charge in [-0.25, -0.2) is 18.5 Å². The van der Waals surface area contributed by atoms with Crippen LogP contribution in [0.4, 0.5) is 5.69 Å². The van der Waals surface area contributed by atoms with Crippen molar-refractivity contribution in [3.8, 4) is 6.07 Å². The van der Waals surface area contributed by atoms with Gasteiger partial charge in [-0.15, -0.1) is 0 Å². The Labute approximate surface area is 207 Å². The number of sulfone groups is 1. The van der Waals surface area contributed by atoms with E-state index in [1.54, 1.807) is 24.3 Å². The molecule has 0 unspecified atom stereocenters. The van der Waals surface area contributed by atoms with Crippen LogP contribution in [0.1, 0.15) is 44.7 Å². The highest BCUT2D eigenvalue weighted by Crippen LogP contribution is 2.48. The molecule has 2 aliphatic heterocycles. The monoisotopic (exact) mass is 481 g/mol. The highest BCUT2D eigenvalue weighted by molar-refractivity contribution is 7.96. The zero-order valence-electron chi connectivity index (χ0n) is 20.1. The lowest BCUT2D eigenvalue weighted by atomic mass is 9.84. The molecular weight excluding hydrogens is 454 g/mol. The molecule has 0 spiro atoms. The number of unbranched alkanes of at least 4 members (excludes halogenated alkanes) is 1. The number of anilines is 1. The number of hydrogen-bond donors (Lipinski definition) is 0. The van der Waals surface area contributed by atoms with E-state index < -0.39 is 9.84 Å². The summed E-state index contributed by atoms with van der Waals surface area (Å²) in [6.45, 7) is 14.9. The highest BCUT2D eigenvalue weighted by atomic mass is 32.2. The van der Waals surface area contributed by atoms with Crippen molar-refractivity contribution in [1.82, 2.24) is 0 Å². The second-order valence-electron chi connectivity index (χ2n) is 9.06. The van der Waals surface area contributed by atoms with Crippen molar-refractivity contribution in [2.75, 3.05) is 11.4 Å². The molecule has 0 N–H and O–H groups in total. The van der Waals surface area contributed by atoms with Gasteiger partial charge >= 0.3 is 0 Å². The van der Waals surface area contributed by atoms with E-state index in [1.165, 1.54) is 23.4 Å². The number of nitrogens with zero attached hydrogens (tertiary/aromatic N) is 3. The lowest BCUT2D eigenvalue weighted by molar-refractivity contribution is 0.604. The van der Waals surface area contributed by atoms with Gasteiger partial charge in [0.1, 0.15) is 0 Å². The molecular formula is C29H27N3O2S. The van der Waals surface area contributed by atoms with Crippen LogP contribution in [0.2, 0.25) is 0 Å². The summed E-state index contributed by atoms with van der Waals surface area (Å²) in [5, 5.41) is 9.48. The van der Waals surface area contributed by atoms with Gasteiger partial charge in [0.15, 0.2) is 0 Å². The zero-order valence-corrected chi connectivity index (χ0v) is 20.9. The van der Waals surface area contributed by atoms with Gasteiger partial charge in [0, 0.05) is 28.9 Å². The van der Waals surface area contributed by atoms with E-state index in [2.05, 4.69) is 54.8 Å². The summed E-state index contributed by atoms with van der Waals surface area (Å²) in [7, 11) is -3.82. The number of allylic oxidation sites excluding steroid dienone is 7. The SMILES string of the molecule is [C-]#[N+]/C(C#N)=C1/C(=C/C=C/C=C2/N(CCCC)c3ccccc3C2(C)C)S(=O)(=O)c2ccccc21. The van der Waals surface area contributed by atoms with Gasteiger partial charge in [0.25, 0.3) is 5.70 Å². The first-order chi connectivity index (χ1) is 16.8. The third kappa shape index (κ3) is 4.01. The molecule has 2 heterocycles. The molecule has 0 radical (unpaired) electrons. The Hall–Kier alpha value is -3.87. The van der Waals surface area contributed by atoms with Crippen LogP contribution in [0.25, 0.3) is 10.4 Å². The number of hydrogen-bond acceptors (Lipinski definition) is 4. The number of fused-ring (bicyclic) bond motifs is 2. The molecule has 176 valence electrons. The van der Waals surface area contributed by atoms with Crippen molar-refractivity contribution >= 4 is 21.1 Å². The normalized spacial score (nSPS) is 21.1. The molecule has 6 heteroatoms. The molecule has 4 rings (SSSR count). The smallest absolute Gasteiger partial charge is 0.270 e. The minimum absolute atomic E-state index is 0.0160. The van der Waals surface area contributed by atoms with Crippen molar-refractivity contribution < 1.29 is 8.42 Å². The molecule has 0 bridgehead atoms. The summed E-state index contributed by atoms with van der Waals surface area (Å²) in [5.41, 5.74) is 3.77. The first-order valence-electron chi connectivity index (χ1n) is 11.6. The molecule has 0 aliphatic carbocycles. The third-order valence-electron chi connectivity index (χ3n) is 6.58. The summed E-state index contributed by atoms with van der Waals surface area (Å²) in [6, 6.07) is 16.8. The van der Waals surface area contributed by atoms with Crippen LogP contribution in [0.3, 0.4) is 0 Å². The summed E-state index contributed by atoms with van der Waals surface area (Å²) < 4.78 is 26.5. The summed E-state index contributed by atoms with van der Waals surface area (Å²) in [6.07, 6.45) is 9.20. The van der Waals surface area contributed by atoms with Crippen LogP contribution in [-0.4, -0.2) is 15.0 Å². The molecule has 0 amide bonds. The number of nitriles is 1. The Morgan fingerprint density at radius 1 is 1.11 bits per heavy atom. The van der Waals surface area contributed by atoms with Gasteiger partial charge in [0.05, 0.1) is 22.4 Å². The van der Waals surface area contributed by atoms with Gasteiger partial charge in [-0.3, -0.25) is 0 Å². The second kappa shape index (κ2) is 9.41. The topological polar surface area (TPSA) is 65.5 Å². The van der Waals surface area contributed by atoms with Crippen molar-refractivity contribution in [1.29, 1.82) is 5.26 Å². The fourth-order valence-corrected chi connectivity index (χ4v) is 6.52. The summed E-state index contributed by atoms with van der Waals surface area (Å²) >= 11 is 0. The van der Waals surface area contributed by atoms with Crippen LogP contribution in [0.15, 0.2) is 94.0 Å². The molecule has 2 aromatic carbocycles. The van der Waals surface area contributed by atoms with Crippen LogP contribution in [0.5, 0.6) is 0 Å². The average Bonchev–Trinajstić information content (AvgIpc) is 3.21. The Morgan fingerprint density at radius 3 is 2.51 bits per heavy atom. The van der Waals surface area contributed by atoms with Gasteiger partial charge < -0.3 is 4.90 Å². The largest absolute Gasteiger partial charge is 0.344 e. The van der Waals surface area contributed by atoms with Crippen LogP contribution >= 0.6 is 0 Å². The van der Waals surface area contributed by atoms with E-state index in [0.717, 1.165) is 25.1 Å². The fraction of sp³-hybridized carbons (Fsp3) is 0.241. The Bertz CT molecular complexity index is 1480.